The van der Waals surface area contributed by atoms with Gasteiger partial charge in [-0.2, -0.15) is 0 Å². The average molecular weight is 165 g/mol. The van der Waals surface area contributed by atoms with Gasteiger partial charge in [0.05, 0.1) is 0 Å². The lowest BCUT2D eigenvalue weighted by molar-refractivity contribution is -0.125. The molecule has 0 heterocycles. The molecule has 0 atom stereocenters. The Hall–Kier alpha value is -1.31. The van der Waals surface area contributed by atoms with Gasteiger partial charge in [-0.15, -0.1) is 0 Å². The van der Waals surface area contributed by atoms with Crippen LogP contribution in [0.3, 0.4) is 0 Å². The lowest BCUT2D eigenvalue weighted by Gasteiger charge is -2.18. The Morgan fingerprint density at radius 3 is 2.17 bits per heavy atom. The molecule has 0 unspecified atom stereocenters. The van der Waals surface area contributed by atoms with E-state index in [4.69, 9.17) is 0 Å². The molecule has 0 saturated carbocycles. The van der Waals surface area contributed by atoms with Gasteiger partial charge >= 0.3 is 0 Å². The molecule has 0 aliphatic carbocycles. The second-order valence-corrected chi connectivity index (χ2v) is 2.65. The van der Waals surface area contributed by atoms with Gasteiger partial charge in [-0.3, -0.25) is 4.79 Å². The van der Waals surface area contributed by atoms with Crippen molar-refractivity contribution in [2.45, 2.75) is 13.8 Å². The molecule has 0 saturated heterocycles. The van der Waals surface area contributed by atoms with Crippen molar-refractivity contribution in [2.75, 3.05) is 7.05 Å². The summed E-state index contributed by atoms with van der Waals surface area (Å²) in [5.41, 5.74) is 1.66. The number of hydrogen-bond acceptors (Lipinski definition) is 1. The van der Waals surface area contributed by atoms with E-state index in [0.717, 1.165) is 11.3 Å². The maximum absolute atomic E-state index is 11.0. The Morgan fingerprint density at radius 1 is 1.42 bits per heavy atom. The third-order valence-electron chi connectivity index (χ3n) is 1.55. The standard InChI is InChI=1S/C10H15NO/c1-6-7-10(8(2)3)11(5)9(4)12/h6-7H,1-2H2,3-5H3/b10-7+. The summed E-state index contributed by atoms with van der Waals surface area (Å²) in [4.78, 5) is 12.5. The average Bonchev–Trinajstić information content (AvgIpc) is 1.98. The minimum Gasteiger partial charge on any atom is -0.315 e. The Kier molecular flexibility index (Phi) is 4.05. The fourth-order valence-corrected chi connectivity index (χ4v) is 0.822. The van der Waals surface area contributed by atoms with Crippen molar-refractivity contribution >= 4 is 5.91 Å². The largest absolute Gasteiger partial charge is 0.315 e. The van der Waals surface area contributed by atoms with Crippen molar-refractivity contribution in [3.63, 3.8) is 0 Å². The molecular formula is C10H15NO. The normalized spacial score (nSPS) is 10.8. The highest BCUT2D eigenvalue weighted by Crippen LogP contribution is 2.11. The molecule has 0 bridgehead atoms. The highest BCUT2D eigenvalue weighted by molar-refractivity contribution is 5.76. The summed E-state index contributed by atoms with van der Waals surface area (Å²) in [7, 11) is 1.71. The van der Waals surface area contributed by atoms with Crippen LogP contribution in [0.1, 0.15) is 13.8 Å². The van der Waals surface area contributed by atoms with Gasteiger partial charge in [0, 0.05) is 19.7 Å². The third-order valence-corrected chi connectivity index (χ3v) is 1.55. The zero-order chi connectivity index (χ0) is 9.72. The topological polar surface area (TPSA) is 20.3 Å². The van der Waals surface area contributed by atoms with E-state index in [2.05, 4.69) is 13.2 Å². The minimum absolute atomic E-state index is 0.00824. The summed E-state index contributed by atoms with van der Waals surface area (Å²) in [6.45, 7) is 10.7. The van der Waals surface area contributed by atoms with Gasteiger partial charge < -0.3 is 4.90 Å². The molecule has 0 aromatic rings. The molecule has 0 fully saturated rings. The Balaban J connectivity index is 4.75. The summed E-state index contributed by atoms with van der Waals surface area (Å²) in [6, 6.07) is 0. The molecule has 0 aliphatic rings. The Morgan fingerprint density at radius 2 is 1.92 bits per heavy atom. The number of carbonyl (C=O) groups excluding carboxylic acids is 1. The molecule has 66 valence electrons. The molecule has 0 N–H and O–H groups in total. The zero-order valence-electron chi connectivity index (χ0n) is 7.92. The van der Waals surface area contributed by atoms with Gasteiger partial charge in [0.2, 0.25) is 5.91 Å². The second-order valence-electron chi connectivity index (χ2n) is 2.65. The van der Waals surface area contributed by atoms with Crippen LogP contribution in [-0.4, -0.2) is 17.9 Å². The maximum Gasteiger partial charge on any atom is 0.223 e. The second kappa shape index (κ2) is 4.54. The fourth-order valence-electron chi connectivity index (χ4n) is 0.822. The molecule has 0 aromatic carbocycles. The van der Waals surface area contributed by atoms with E-state index in [9.17, 15) is 4.79 Å². The minimum atomic E-state index is -0.00824. The Labute approximate surface area is 73.9 Å². The van der Waals surface area contributed by atoms with Crippen LogP contribution in [0.15, 0.2) is 36.6 Å². The van der Waals surface area contributed by atoms with Crippen molar-refractivity contribution in [1.29, 1.82) is 0 Å². The number of allylic oxidation sites excluding steroid dienone is 3. The van der Waals surface area contributed by atoms with Crippen molar-refractivity contribution in [3.8, 4) is 0 Å². The maximum atomic E-state index is 11.0. The van der Waals surface area contributed by atoms with Crippen molar-refractivity contribution in [1.82, 2.24) is 4.90 Å². The number of nitrogens with zero attached hydrogens (tertiary/aromatic N) is 1. The van der Waals surface area contributed by atoms with Crippen LogP contribution in [0, 0.1) is 0 Å². The predicted octanol–water partition coefficient (Wildman–Crippen LogP) is 2.11. The quantitative estimate of drug-likeness (QED) is 0.586. The number of hydrogen-bond donors (Lipinski definition) is 0. The van der Waals surface area contributed by atoms with Gasteiger partial charge in [0.15, 0.2) is 0 Å². The van der Waals surface area contributed by atoms with E-state index in [1.54, 1.807) is 24.1 Å². The molecule has 0 aliphatic heterocycles. The summed E-state index contributed by atoms with van der Waals surface area (Å²) in [5.74, 6) is -0.00824. The van der Waals surface area contributed by atoms with E-state index in [1.807, 2.05) is 6.92 Å². The van der Waals surface area contributed by atoms with Gasteiger partial charge in [0.1, 0.15) is 0 Å². The first-order valence-electron chi connectivity index (χ1n) is 3.73. The molecule has 12 heavy (non-hydrogen) atoms. The number of rotatable bonds is 3. The van der Waals surface area contributed by atoms with E-state index >= 15 is 0 Å². The predicted molar refractivity (Wildman–Crippen MR) is 51.5 cm³/mol. The molecule has 0 spiro atoms. The summed E-state index contributed by atoms with van der Waals surface area (Å²) < 4.78 is 0. The number of amides is 1. The Bertz CT molecular complexity index is 238. The summed E-state index contributed by atoms with van der Waals surface area (Å²) in [6.07, 6.45) is 3.41. The van der Waals surface area contributed by atoms with Crippen LogP contribution < -0.4 is 0 Å². The number of likely N-dealkylation sites (N-methyl/N-ethyl adjacent to an activating group) is 1. The van der Waals surface area contributed by atoms with Crippen LogP contribution in [-0.2, 0) is 4.79 Å². The van der Waals surface area contributed by atoms with E-state index in [0.29, 0.717) is 0 Å². The van der Waals surface area contributed by atoms with E-state index in [1.165, 1.54) is 6.92 Å². The SMILES string of the molecule is C=C/C=C(\C(=C)C)N(C)C(C)=O. The van der Waals surface area contributed by atoms with Crippen LogP contribution >= 0.6 is 0 Å². The lowest BCUT2D eigenvalue weighted by Crippen LogP contribution is -2.23. The fraction of sp³-hybridized carbons (Fsp3) is 0.300. The summed E-state index contributed by atoms with van der Waals surface area (Å²) in [5, 5.41) is 0. The molecule has 0 rings (SSSR count). The van der Waals surface area contributed by atoms with Gasteiger partial charge in [-0.05, 0) is 18.6 Å². The monoisotopic (exact) mass is 165 g/mol. The smallest absolute Gasteiger partial charge is 0.223 e. The van der Waals surface area contributed by atoms with E-state index in [-0.39, 0.29) is 5.91 Å². The van der Waals surface area contributed by atoms with Gasteiger partial charge in [-0.25, -0.2) is 0 Å². The molecular weight excluding hydrogens is 150 g/mol. The highest BCUT2D eigenvalue weighted by atomic mass is 16.2. The third kappa shape index (κ3) is 2.74. The lowest BCUT2D eigenvalue weighted by atomic mass is 10.2. The molecule has 2 nitrogen and oxygen atoms in total. The first-order valence-corrected chi connectivity index (χ1v) is 3.73. The van der Waals surface area contributed by atoms with Crippen LogP contribution in [0.4, 0.5) is 0 Å². The van der Waals surface area contributed by atoms with Crippen LogP contribution in [0.2, 0.25) is 0 Å². The first-order chi connectivity index (χ1) is 5.50. The summed E-state index contributed by atoms with van der Waals surface area (Å²) >= 11 is 0. The molecule has 2 heteroatoms. The van der Waals surface area contributed by atoms with Crippen molar-refractivity contribution in [3.05, 3.63) is 36.6 Å². The van der Waals surface area contributed by atoms with Crippen LogP contribution in [0.5, 0.6) is 0 Å². The first kappa shape index (κ1) is 10.7. The van der Waals surface area contributed by atoms with Crippen molar-refractivity contribution in [2.24, 2.45) is 0 Å². The van der Waals surface area contributed by atoms with E-state index < -0.39 is 0 Å². The van der Waals surface area contributed by atoms with Gasteiger partial charge in [0.25, 0.3) is 0 Å². The van der Waals surface area contributed by atoms with Gasteiger partial charge in [-0.1, -0.05) is 19.2 Å². The molecule has 1 amide bonds. The van der Waals surface area contributed by atoms with Crippen molar-refractivity contribution < 1.29 is 4.79 Å². The zero-order valence-corrected chi connectivity index (χ0v) is 7.92. The molecule has 0 aromatic heterocycles. The van der Waals surface area contributed by atoms with Crippen LogP contribution in [0.25, 0.3) is 0 Å². The molecule has 0 radical (unpaired) electrons. The highest BCUT2D eigenvalue weighted by Gasteiger charge is 2.07. The number of carbonyl (C=O) groups is 1.